The first-order chi connectivity index (χ1) is 9.91. The van der Waals surface area contributed by atoms with E-state index in [-0.39, 0.29) is 5.41 Å². The molecule has 2 aliphatic heterocycles. The van der Waals surface area contributed by atoms with Crippen LogP contribution in [0.4, 0.5) is 0 Å². The second kappa shape index (κ2) is 7.10. The average molecular weight is 296 g/mol. The summed E-state index contributed by atoms with van der Waals surface area (Å²) < 4.78 is 5.54. The van der Waals surface area contributed by atoms with Crippen LogP contribution in [0, 0.1) is 17.3 Å². The highest BCUT2D eigenvalue weighted by Gasteiger charge is 2.38. The molecule has 1 N–H and O–H groups in total. The van der Waals surface area contributed by atoms with E-state index in [1.807, 2.05) is 0 Å². The molecule has 122 valence electrons. The Labute approximate surface area is 129 Å². The summed E-state index contributed by atoms with van der Waals surface area (Å²) in [5.41, 5.74) is 0.215. The predicted octanol–water partition coefficient (Wildman–Crippen LogP) is 2.29. The van der Waals surface area contributed by atoms with Gasteiger partial charge in [0.1, 0.15) is 0 Å². The van der Waals surface area contributed by atoms with Gasteiger partial charge in [-0.05, 0) is 30.7 Å². The molecule has 0 spiro atoms. The molecule has 0 radical (unpaired) electrons. The van der Waals surface area contributed by atoms with Crippen molar-refractivity contribution >= 4 is 5.91 Å². The van der Waals surface area contributed by atoms with E-state index in [9.17, 15) is 4.79 Å². The Balaban J connectivity index is 1.94. The summed E-state index contributed by atoms with van der Waals surface area (Å²) in [6.45, 7) is 13.4. The van der Waals surface area contributed by atoms with Crippen LogP contribution >= 0.6 is 0 Å². The third-order valence-electron chi connectivity index (χ3n) is 5.05. The van der Waals surface area contributed by atoms with Gasteiger partial charge in [-0.2, -0.15) is 0 Å². The van der Waals surface area contributed by atoms with Crippen LogP contribution in [-0.4, -0.2) is 49.7 Å². The van der Waals surface area contributed by atoms with Crippen molar-refractivity contribution in [2.45, 2.75) is 53.0 Å². The highest BCUT2D eigenvalue weighted by atomic mass is 16.5. The fraction of sp³-hybridized carbons (Fsp3) is 0.941. The Morgan fingerprint density at radius 1 is 1.43 bits per heavy atom. The fourth-order valence-electron chi connectivity index (χ4n) is 3.35. The third-order valence-corrected chi connectivity index (χ3v) is 5.05. The summed E-state index contributed by atoms with van der Waals surface area (Å²) in [5.74, 6) is 1.37. The minimum Gasteiger partial charge on any atom is -0.381 e. The molecule has 1 amide bonds. The zero-order valence-electron chi connectivity index (χ0n) is 14.2. The van der Waals surface area contributed by atoms with Crippen molar-refractivity contribution in [2.75, 3.05) is 32.8 Å². The van der Waals surface area contributed by atoms with E-state index < -0.39 is 0 Å². The molecule has 0 saturated carbocycles. The Hall–Kier alpha value is -0.610. The fourth-order valence-corrected chi connectivity index (χ4v) is 3.35. The quantitative estimate of drug-likeness (QED) is 0.817. The summed E-state index contributed by atoms with van der Waals surface area (Å²) in [7, 11) is 0. The Morgan fingerprint density at radius 2 is 2.19 bits per heavy atom. The summed E-state index contributed by atoms with van der Waals surface area (Å²) in [6.07, 6.45) is 2.96. The summed E-state index contributed by atoms with van der Waals surface area (Å²) in [6, 6.07) is 0.384. The maximum atomic E-state index is 12.3. The minimum atomic E-state index is 0.215. The molecule has 2 fully saturated rings. The minimum absolute atomic E-state index is 0.215. The van der Waals surface area contributed by atoms with Crippen molar-refractivity contribution < 1.29 is 9.53 Å². The van der Waals surface area contributed by atoms with Crippen LogP contribution in [0.1, 0.15) is 47.0 Å². The highest BCUT2D eigenvalue weighted by molar-refractivity contribution is 5.78. The molecule has 21 heavy (non-hydrogen) atoms. The lowest BCUT2D eigenvalue weighted by Gasteiger charge is -2.30. The van der Waals surface area contributed by atoms with Gasteiger partial charge >= 0.3 is 0 Å². The second-order valence-electron chi connectivity index (χ2n) is 7.75. The van der Waals surface area contributed by atoms with Crippen LogP contribution in [-0.2, 0) is 9.53 Å². The molecular weight excluding hydrogens is 264 g/mol. The largest absolute Gasteiger partial charge is 0.381 e. The number of carbonyl (C=O) groups excluding carboxylic acids is 1. The molecule has 0 aliphatic carbocycles. The summed E-state index contributed by atoms with van der Waals surface area (Å²) in [5, 5.41) is 3.64. The number of rotatable bonds is 6. The number of hydrogen-bond donors (Lipinski definition) is 1. The molecule has 2 rings (SSSR count). The Morgan fingerprint density at radius 3 is 2.71 bits per heavy atom. The maximum absolute atomic E-state index is 12.3. The lowest BCUT2D eigenvalue weighted by molar-refractivity contribution is -0.128. The number of likely N-dealkylation sites (tertiary alicyclic amines) is 1. The van der Waals surface area contributed by atoms with Crippen LogP contribution < -0.4 is 5.32 Å². The van der Waals surface area contributed by atoms with E-state index in [0.717, 1.165) is 45.7 Å². The molecule has 3 unspecified atom stereocenters. The molecule has 4 heteroatoms. The van der Waals surface area contributed by atoms with Gasteiger partial charge in [-0.15, -0.1) is 0 Å². The number of amides is 1. The molecular formula is C17H32N2O2. The zero-order chi connectivity index (χ0) is 15.5. The van der Waals surface area contributed by atoms with E-state index in [0.29, 0.717) is 30.2 Å². The number of nitrogens with zero attached hydrogens (tertiary/aromatic N) is 1. The smallest absolute Gasteiger partial charge is 0.222 e. The van der Waals surface area contributed by atoms with Gasteiger partial charge in [0.05, 0.1) is 6.61 Å². The number of carbonyl (C=O) groups is 1. The first-order valence-electron chi connectivity index (χ1n) is 8.50. The van der Waals surface area contributed by atoms with E-state index >= 15 is 0 Å². The van der Waals surface area contributed by atoms with Crippen molar-refractivity contribution in [1.82, 2.24) is 10.2 Å². The lowest BCUT2D eigenvalue weighted by Crippen LogP contribution is -2.47. The SMILES string of the molecule is CCCNC(CN1CC(C(C)(C)C)CC1=O)C1CCOC1. The molecule has 0 aromatic heterocycles. The highest BCUT2D eigenvalue weighted by Crippen LogP contribution is 2.34. The predicted molar refractivity (Wildman–Crippen MR) is 85.1 cm³/mol. The number of hydrogen-bond acceptors (Lipinski definition) is 3. The van der Waals surface area contributed by atoms with Crippen LogP contribution in [0.5, 0.6) is 0 Å². The molecule has 3 atom stereocenters. The van der Waals surface area contributed by atoms with E-state index in [4.69, 9.17) is 4.74 Å². The summed E-state index contributed by atoms with van der Waals surface area (Å²) >= 11 is 0. The summed E-state index contributed by atoms with van der Waals surface area (Å²) in [4.78, 5) is 14.4. The first-order valence-corrected chi connectivity index (χ1v) is 8.50. The second-order valence-corrected chi connectivity index (χ2v) is 7.75. The number of nitrogens with one attached hydrogen (secondary N) is 1. The van der Waals surface area contributed by atoms with Crippen molar-refractivity contribution in [3.05, 3.63) is 0 Å². The van der Waals surface area contributed by atoms with Crippen molar-refractivity contribution in [2.24, 2.45) is 17.3 Å². The topological polar surface area (TPSA) is 41.6 Å². The van der Waals surface area contributed by atoms with Crippen LogP contribution in [0.25, 0.3) is 0 Å². The van der Waals surface area contributed by atoms with Crippen LogP contribution in [0.2, 0.25) is 0 Å². The number of ether oxygens (including phenoxy) is 1. The monoisotopic (exact) mass is 296 g/mol. The van der Waals surface area contributed by atoms with Gasteiger partial charge in [0.25, 0.3) is 0 Å². The Kier molecular flexibility index (Phi) is 5.67. The maximum Gasteiger partial charge on any atom is 0.222 e. The molecule has 0 aromatic carbocycles. The molecule has 2 saturated heterocycles. The lowest BCUT2D eigenvalue weighted by atomic mass is 9.80. The van der Waals surface area contributed by atoms with Gasteiger partial charge in [-0.25, -0.2) is 0 Å². The normalized spacial score (nSPS) is 28.4. The molecule has 0 bridgehead atoms. The van der Waals surface area contributed by atoms with Crippen LogP contribution in [0.15, 0.2) is 0 Å². The zero-order valence-corrected chi connectivity index (χ0v) is 14.2. The van der Waals surface area contributed by atoms with Gasteiger partial charge in [-0.1, -0.05) is 27.7 Å². The van der Waals surface area contributed by atoms with E-state index in [1.165, 1.54) is 0 Å². The molecule has 4 nitrogen and oxygen atoms in total. The van der Waals surface area contributed by atoms with Gasteiger partial charge in [0.15, 0.2) is 0 Å². The molecule has 0 aromatic rings. The molecule has 2 aliphatic rings. The van der Waals surface area contributed by atoms with Crippen LogP contribution in [0.3, 0.4) is 0 Å². The van der Waals surface area contributed by atoms with E-state index in [2.05, 4.69) is 37.9 Å². The standard InChI is InChI=1S/C17H32N2O2/c1-5-7-18-15(13-6-8-21-12-13)11-19-10-14(9-16(19)20)17(2,3)4/h13-15,18H,5-12H2,1-4H3. The average Bonchev–Trinajstić information content (AvgIpc) is 3.04. The third kappa shape index (κ3) is 4.43. The van der Waals surface area contributed by atoms with Gasteiger partial charge in [0, 0.05) is 38.1 Å². The van der Waals surface area contributed by atoms with Crippen molar-refractivity contribution in [3.8, 4) is 0 Å². The van der Waals surface area contributed by atoms with Gasteiger partial charge in [0.2, 0.25) is 5.91 Å². The first kappa shape index (κ1) is 16.8. The van der Waals surface area contributed by atoms with Crippen molar-refractivity contribution in [3.63, 3.8) is 0 Å². The van der Waals surface area contributed by atoms with Gasteiger partial charge < -0.3 is 15.0 Å². The molecule has 2 heterocycles. The van der Waals surface area contributed by atoms with Crippen molar-refractivity contribution in [1.29, 1.82) is 0 Å². The van der Waals surface area contributed by atoms with E-state index in [1.54, 1.807) is 0 Å². The van der Waals surface area contributed by atoms with Gasteiger partial charge in [-0.3, -0.25) is 4.79 Å². The Bertz CT molecular complexity index is 345.